The van der Waals surface area contributed by atoms with Crippen molar-refractivity contribution in [1.82, 2.24) is 10.3 Å². The van der Waals surface area contributed by atoms with Crippen molar-refractivity contribution in [2.75, 3.05) is 20.1 Å². The van der Waals surface area contributed by atoms with Gasteiger partial charge in [0.05, 0.1) is 7.05 Å². The summed E-state index contributed by atoms with van der Waals surface area (Å²) in [4.78, 5) is 16.3. The zero-order valence-electron chi connectivity index (χ0n) is 14.3. The predicted octanol–water partition coefficient (Wildman–Crippen LogP) is 1.68. The van der Waals surface area contributed by atoms with E-state index in [0.717, 1.165) is 16.8 Å². The predicted molar refractivity (Wildman–Crippen MR) is 96.9 cm³/mol. The van der Waals surface area contributed by atoms with Gasteiger partial charge in [0.2, 0.25) is 0 Å². The van der Waals surface area contributed by atoms with Crippen molar-refractivity contribution in [3.05, 3.63) is 71.7 Å². The van der Waals surface area contributed by atoms with E-state index in [1.54, 1.807) is 12.1 Å². The lowest BCUT2D eigenvalue weighted by Crippen LogP contribution is -3.09. The minimum absolute atomic E-state index is 0.0197. The lowest BCUT2D eigenvalue weighted by Gasteiger charge is -2.14. The molecule has 130 valence electrons. The van der Waals surface area contributed by atoms with Gasteiger partial charge in [-0.2, -0.15) is 0 Å². The Labute approximate surface area is 146 Å². The molecule has 2 aromatic carbocycles. The van der Waals surface area contributed by atoms with Crippen molar-refractivity contribution in [2.24, 2.45) is 0 Å². The molecule has 3 aromatic rings. The van der Waals surface area contributed by atoms with Gasteiger partial charge in [0.1, 0.15) is 12.4 Å². The first-order valence-corrected chi connectivity index (χ1v) is 8.50. The zero-order valence-corrected chi connectivity index (χ0v) is 14.3. The van der Waals surface area contributed by atoms with E-state index in [4.69, 9.17) is 0 Å². The Balaban J connectivity index is 1.46. The summed E-state index contributed by atoms with van der Waals surface area (Å²) in [6.45, 7) is 1.40. The second-order valence-corrected chi connectivity index (χ2v) is 6.36. The van der Waals surface area contributed by atoms with Crippen molar-refractivity contribution in [2.45, 2.75) is 13.0 Å². The maximum absolute atomic E-state index is 13.7. The highest BCUT2D eigenvalue weighted by Gasteiger charge is 2.12. The third-order valence-corrected chi connectivity index (χ3v) is 4.30. The number of rotatable bonds is 7. The molecule has 4 nitrogen and oxygen atoms in total. The summed E-state index contributed by atoms with van der Waals surface area (Å²) in [5.74, 6) is -0.240. The lowest BCUT2D eigenvalue weighted by molar-refractivity contribution is -0.885. The van der Waals surface area contributed by atoms with E-state index < -0.39 is 0 Å². The van der Waals surface area contributed by atoms with Gasteiger partial charge in [-0.15, -0.1) is 0 Å². The van der Waals surface area contributed by atoms with Gasteiger partial charge in [-0.3, -0.25) is 4.79 Å². The van der Waals surface area contributed by atoms with Gasteiger partial charge in [0, 0.05) is 29.2 Å². The Morgan fingerprint density at radius 2 is 1.88 bits per heavy atom. The van der Waals surface area contributed by atoms with Crippen molar-refractivity contribution in [1.29, 1.82) is 0 Å². The summed E-state index contributed by atoms with van der Waals surface area (Å²) in [6, 6.07) is 14.8. The number of amides is 1. The van der Waals surface area contributed by atoms with Crippen LogP contribution in [-0.4, -0.2) is 31.0 Å². The number of aromatic amines is 1. The number of halogens is 1. The fourth-order valence-electron chi connectivity index (χ4n) is 3.04. The molecule has 0 saturated carbocycles. The summed E-state index contributed by atoms with van der Waals surface area (Å²) in [6.07, 6.45) is 2.77. The Kier molecular flexibility index (Phi) is 5.46. The average Bonchev–Trinajstić information content (AvgIpc) is 3.00. The molecule has 1 aromatic heterocycles. The Morgan fingerprint density at radius 1 is 1.12 bits per heavy atom. The summed E-state index contributed by atoms with van der Waals surface area (Å²) in [5, 5.41) is 4.14. The average molecular weight is 340 g/mol. The topological polar surface area (TPSA) is 49.3 Å². The number of hydrogen-bond donors (Lipinski definition) is 3. The standard InChI is InChI=1S/C20H22FN3O/c1-24(13-16-6-2-4-8-18(16)21)14-20(25)22-11-10-15-12-23-19-9-5-3-7-17(15)19/h2-9,12,23H,10-11,13-14H2,1H3,(H,22,25)/p+1. The van der Waals surface area contributed by atoms with Gasteiger partial charge in [-0.05, 0) is 24.1 Å². The molecule has 3 rings (SSSR count). The van der Waals surface area contributed by atoms with Crippen molar-refractivity contribution < 1.29 is 14.1 Å². The Hall–Kier alpha value is -2.66. The lowest BCUT2D eigenvalue weighted by atomic mass is 10.1. The number of likely N-dealkylation sites (N-methyl/N-ethyl adjacent to an activating group) is 1. The van der Waals surface area contributed by atoms with E-state index >= 15 is 0 Å². The number of H-pyrrole nitrogens is 1. The van der Waals surface area contributed by atoms with Crippen LogP contribution in [0.4, 0.5) is 4.39 Å². The van der Waals surface area contributed by atoms with Gasteiger partial charge in [0.15, 0.2) is 6.54 Å². The molecule has 0 aliphatic heterocycles. The van der Waals surface area contributed by atoms with Crippen LogP contribution in [0.2, 0.25) is 0 Å². The third-order valence-electron chi connectivity index (χ3n) is 4.30. The summed E-state index contributed by atoms with van der Waals surface area (Å²) in [7, 11) is 1.89. The molecule has 5 heteroatoms. The first-order valence-electron chi connectivity index (χ1n) is 8.50. The van der Waals surface area contributed by atoms with E-state index in [1.807, 2.05) is 37.5 Å². The molecule has 0 bridgehead atoms. The second-order valence-electron chi connectivity index (χ2n) is 6.36. The van der Waals surface area contributed by atoms with Crippen LogP contribution in [0, 0.1) is 5.82 Å². The van der Waals surface area contributed by atoms with Crippen LogP contribution in [0.1, 0.15) is 11.1 Å². The van der Waals surface area contributed by atoms with Crippen LogP contribution < -0.4 is 10.2 Å². The third kappa shape index (κ3) is 4.45. The molecule has 1 heterocycles. The fourth-order valence-corrected chi connectivity index (χ4v) is 3.04. The van der Waals surface area contributed by atoms with Gasteiger partial charge < -0.3 is 15.2 Å². The largest absolute Gasteiger partial charge is 0.361 e. The highest BCUT2D eigenvalue weighted by molar-refractivity contribution is 5.83. The van der Waals surface area contributed by atoms with Crippen LogP contribution in [-0.2, 0) is 17.8 Å². The first kappa shape index (κ1) is 17.2. The molecule has 25 heavy (non-hydrogen) atoms. The van der Waals surface area contributed by atoms with Crippen molar-refractivity contribution in [3.63, 3.8) is 0 Å². The van der Waals surface area contributed by atoms with E-state index in [-0.39, 0.29) is 11.7 Å². The molecule has 0 fully saturated rings. The zero-order chi connectivity index (χ0) is 17.6. The summed E-state index contributed by atoms with van der Waals surface area (Å²) >= 11 is 0. The molecule has 0 radical (unpaired) electrons. The smallest absolute Gasteiger partial charge is 0.275 e. The second kappa shape index (κ2) is 7.94. The van der Waals surface area contributed by atoms with Crippen LogP contribution in [0.5, 0.6) is 0 Å². The molecule has 0 aliphatic carbocycles. The number of fused-ring (bicyclic) bond motifs is 1. The van der Waals surface area contributed by atoms with Crippen LogP contribution in [0.3, 0.4) is 0 Å². The van der Waals surface area contributed by atoms with Crippen LogP contribution in [0.15, 0.2) is 54.7 Å². The first-order chi connectivity index (χ1) is 12.1. The molecule has 3 N–H and O–H groups in total. The number of carbonyl (C=O) groups excluding carboxylic acids is 1. The number of benzene rings is 2. The molecule has 0 aliphatic rings. The number of quaternary nitrogens is 1. The minimum Gasteiger partial charge on any atom is -0.361 e. The number of nitrogens with one attached hydrogen (secondary N) is 3. The van der Waals surface area contributed by atoms with Gasteiger partial charge in [0.25, 0.3) is 5.91 Å². The molecule has 0 spiro atoms. The molecule has 0 saturated heterocycles. The minimum atomic E-state index is -0.221. The molecule has 1 unspecified atom stereocenters. The maximum atomic E-state index is 13.7. The van der Waals surface area contributed by atoms with Gasteiger partial charge in [-0.25, -0.2) is 4.39 Å². The summed E-state index contributed by atoms with van der Waals surface area (Å²) in [5.41, 5.74) is 2.94. The number of hydrogen-bond acceptors (Lipinski definition) is 1. The van der Waals surface area contributed by atoms with Gasteiger partial charge in [-0.1, -0.05) is 36.4 Å². The maximum Gasteiger partial charge on any atom is 0.275 e. The van der Waals surface area contributed by atoms with Crippen molar-refractivity contribution >= 4 is 16.8 Å². The summed E-state index contributed by atoms with van der Waals surface area (Å²) < 4.78 is 13.7. The number of aromatic nitrogens is 1. The highest BCUT2D eigenvalue weighted by Crippen LogP contribution is 2.17. The molecular formula is C20H23FN3O+. The molecule has 1 atom stereocenters. The normalized spacial score (nSPS) is 12.2. The number of carbonyl (C=O) groups is 1. The van der Waals surface area contributed by atoms with E-state index in [0.29, 0.717) is 25.2 Å². The monoisotopic (exact) mass is 340 g/mol. The van der Waals surface area contributed by atoms with Crippen molar-refractivity contribution in [3.8, 4) is 0 Å². The van der Waals surface area contributed by atoms with Crippen LogP contribution >= 0.6 is 0 Å². The van der Waals surface area contributed by atoms with Gasteiger partial charge >= 0.3 is 0 Å². The Bertz CT molecular complexity index is 859. The van der Waals surface area contributed by atoms with E-state index in [1.165, 1.54) is 17.0 Å². The fraction of sp³-hybridized carbons (Fsp3) is 0.250. The Morgan fingerprint density at radius 3 is 2.72 bits per heavy atom. The van der Waals surface area contributed by atoms with E-state index in [2.05, 4.69) is 16.4 Å². The molecule has 1 amide bonds. The quantitative estimate of drug-likeness (QED) is 0.602. The highest BCUT2D eigenvalue weighted by atomic mass is 19.1. The molecular weight excluding hydrogens is 317 g/mol. The van der Waals surface area contributed by atoms with Crippen LogP contribution in [0.25, 0.3) is 10.9 Å². The van der Waals surface area contributed by atoms with E-state index in [9.17, 15) is 9.18 Å². The SMILES string of the molecule is C[NH+](CC(=O)NCCc1c[nH]c2ccccc12)Cc1ccccc1F. The number of para-hydroxylation sites is 1.